The van der Waals surface area contributed by atoms with Crippen molar-refractivity contribution >= 4 is 5.82 Å². The van der Waals surface area contributed by atoms with Gasteiger partial charge in [-0.2, -0.15) is 5.10 Å². The van der Waals surface area contributed by atoms with Gasteiger partial charge in [-0.3, -0.25) is 0 Å². The number of fused-ring (bicyclic) bond motifs is 1. The maximum absolute atomic E-state index is 9.89. The zero-order chi connectivity index (χ0) is 16.0. The number of hydrogen-bond acceptors (Lipinski definition) is 6. The Morgan fingerprint density at radius 1 is 1.04 bits per heavy atom. The summed E-state index contributed by atoms with van der Waals surface area (Å²) < 4.78 is 1.73. The molecule has 4 atom stereocenters. The lowest BCUT2D eigenvalue weighted by Crippen LogP contribution is -2.38. The minimum absolute atomic E-state index is 0.414. The van der Waals surface area contributed by atoms with Gasteiger partial charge in [-0.05, 0) is 37.7 Å². The lowest BCUT2D eigenvalue weighted by Gasteiger charge is -2.31. The summed E-state index contributed by atoms with van der Waals surface area (Å²) in [7, 11) is 0. The highest BCUT2D eigenvalue weighted by molar-refractivity contribution is 5.45. The number of nitrogens with zero attached hydrogens (tertiary/aromatic N) is 5. The Morgan fingerprint density at radius 2 is 1.70 bits per heavy atom. The van der Waals surface area contributed by atoms with Crippen molar-refractivity contribution in [3.63, 3.8) is 0 Å². The lowest BCUT2D eigenvalue weighted by molar-refractivity contribution is -0.0372. The number of aromatic nitrogens is 4. The topological polar surface area (TPSA) is 87.3 Å². The molecule has 0 radical (unpaired) electrons. The Balaban J connectivity index is 1.59. The van der Waals surface area contributed by atoms with Crippen molar-refractivity contribution in [2.45, 2.75) is 32.0 Å². The first-order valence-corrected chi connectivity index (χ1v) is 8.07. The molecular formula is C16H21N5O2. The summed E-state index contributed by atoms with van der Waals surface area (Å²) in [6, 6.07) is 3.81. The van der Waals surface area contributed by atoms with Gasteiger partial charge in [0, 0.05) is 31.5 Å². The largest absolute Gasteiger partial charge is 0.390 e. The van der Waals surface area contributed by atoms with E-state index >= 15 is 0 Å². The van der Waals surface area contributed by atoms with Crippen molar-refractivity contribution in [1.82, 2.24) is 19.7 Å². The molecule has 1 saturated heterocycles. The minimum atomic E-state index is -0.594. The molecule has 0 aromatic carbocycles. The van der Waals surface area contributed by atoms with E-state index < -0.39 is 12.2 Å². The molecule has 7 heteroatoms. The quantitative estimate of drug-likeness (QED) is 0.841. The smallest absolute Gasteiger partial charge is 0.159 e. The third-order valence-corrected chi connectivity index (χ3v) is 4.98. The summed E-state index contributed by atoms with van der Waals surface area (Å²) in [5, 5.41) is 24.0. The van der Waals surface area contributed by atoms with Crippen LogP contribution in [0.4, 0.5) is 5.82 Å². The van der Waals surface area contributed by atoms with Gasteiger partial charge in [-0.25, -0.2) is 14.6 Å². The Bertz CT molecular complexity index is 672. The fraction of sp³-hybridized carbons (Fsp3) is 0.562. The normalized spacial score (nSPS) is 30.5. The Hall–Kier alpha value is -1.99. The molecule has 1 saturated carbocycles. The van der Waals surface area contributed by atoms with Crippen molar-refractivity contribution in [3.8, 4) is 5.82 Å². The second kappa shape index (κ2) is 5.58. The third-order valence-electron chi connectivity index (χ3n) is 4.98. The van der Waals surface area contributed by atoms with Crippen LogP contribution in [-0.2, 0) is 0 Å². The minimum Gasteiger partial charge on any atom is -0.390 e. The first-order chi connectivity index (χ1) is 11.1. The Kier molecular flexibility index (Phi) is 3.54. The molecule has 2 aromatic heterocycles. The van der Waals surface area contributed by atoms with Gasteiger partial charge in [0.25, 0.3) is 0 Å². The molecular weight excluding hydrogens is 294 g/mol. The van der Waals surface area contributed by atoms with E-state index in [2.05, 4.69) is 20.0 Å². The fourth-order valence-electron chi connectivity index (χ4n) is 3.81. The van der Waals surface area contributed by atoms with E-state index in [1.54, 1.807) is 10.9 Å². The van der Waals surface area contributed by atoms with Gasteiger partial charge >= 0.3 is 0 Å². The molecule has 0 unspecified atom stereocenters. The number of rotatable bonds is 2. The van der Waals surface area contributed by atoms with Crippen molar-refractivity contribution in [2.24, 2.45) is 11.8 Å². The molecule has 0 bridgehead atoms. The third kappa shape index (κ3) is 2.70. The molecule has 0 spiro atoms. The second-order valence-electron chi connectivity index (χ2n) is 6.61. The highest BCUT2D eigenvalue weighted by atomic mass is 16.3. The van der Waals surface area contributed by atoms with Gasteiger partial charge in [-0.15, -0.1) is 0 Å². The van der Waals surface area contributed by atoms with Crippen LogP contribution in [0.2, 0.25) is 0 Å². The van der Waals surface area contributed by atoms with Gasteiger partial charge in [0.2, 0.25) is 0 Å². The zero-order valence-electron chi connectivity index (χ0n) is 13.1. The van der Waals surface area contributed by atoms with Gasteiger partial charge in [0.15, 0.2) is 5.82 Å². The Labute approximate surface area is 134 Å². The molecule has 122 valence electrons. The Morgan fingerprint density at radius 3 is 2.30 bits per heavy atom. The summed E-state index contributed by atoms with van der Waals surface area (Å²) >= 11 is 0. The maximum atomic E-state index is 9.89. The highest BCUT2D eigenvalue weighted by Gasteiger charge is 2.41. The number of anilines is 1. The molecule has 23 heavy (non-hydrogen) atoms. The summed E-state index contributed by atoms with van der Waals surface area (Å²) in [4.78, 5) is 11.3. The zero-order valence-corrected chi connectivity index (χ0v) is 13.1. The monoisotopic (exact) mass is 315 g/mol. The van der Waals surface area contributed by atoms with Crippen LogP contribution >= 0.6 is 0 Å². The predicted octanol–water partition coefficient (Wildman–Crippen LogP) is 0.539. The van der Waals surface area contributed by atoms with Crippen LogP contribution in [0, 0.1) is 18.8 Å². The maximum Gasteiger partial charge on any atom is 0.159 e. The molecule has 7 nitrogen and oxygen atoms in total. The van der Waals surface area contributed by atoms with E-state index in [1.165, 1.54) is 0 Å². The molecule has 2 aromatic rings. The number of aliphatic hydroxyl groups excluding tert-OH is 2. The highest BCUT2D eigenvalue weighted by Crippen LogP contribution is 2.38. The summed E-state index contributed by atoms with van der Waals surface area (Å²) in [5.41, 5.74) is 0. The number of hydrogen-bond donors (Lipinski definition) is 2. The van der Waals surface area contributed by atoms with E-state index in [-0.39, 0.29) is 0 Å². The van der Waals surface area contributed by atoms with E-state index in [9.17, 15) is 10.2 Å². The van der Waals surface area contributed by atoms with E-state index in [0.29, 0.717) is 30.5 Å². The number of aliphatic hydroxyl groups is 2. The standard InChI is InChI=1S/C16H21N5O2/c1-10-18-15(7-16(19-10)21-4-2-3-17-21)20-8-11-5-13(22)14(23)6-12(11)9-20/h2-4,7,11-14,22-23H,5-6,8-9H2,1H3/t11-,12+,13-,14-/m0/s1. The van der Waals surface area contributed by atoms with E-state index in [0.717, 1.165) is 24.7 Å². The van der Waals surface area contributed by atoms with Crippen LogP contribution < -0.4 is 4.90 Å². The molecule has 0 amide bonds. The fourth-order valence-corrected chi connectivity index (χ4v) is 3.81. The van der Waals surface area contributed by atoms with Crippen LogP contribution in [0.25, 0.3) is 5.82 Å². The van der Waals surface area contributed by atoms with Crippen LogP contribution in [0.15, 0.2) is 24.5 Å². The lowest BCUT2D eigenvalue weighted by atomic mass is 9.79. The molecule has 2 aliphatic rings. The van der Waals surface area contributed by atoms with E-state index in [1.807, 2.05) is 25.3 Å². The van der Waals surface area contributed by atoms with Crippen LogP contribution in [0.5, 0.6) is 0 Å². The summed E-state index contributed by atoms with van der Waals surface area (Å²) in [6.45, 7) is 3.61. The molecule has 2 N–H and O–H groups in total. The van der Waals surface area contributed by atoms with Gasteiger partial charge < -0.3 is 15.1 Å². The van der Waals surface area contributed by atoms with Gasteiger partial charge in [0.1, 0.15) is 11.6 Å². The van der Waals surface area contributed by atoms with Crippen molar-refractivity contribution in [1.29, 1.82) is 0 Å². The van der Waals surface area contributed by atoms with Crippen molar-refractivity contribution < 1.29 is 10.2 Å². The number of aryl methyl sites for hydroxylation is 1. The molecule has 2 fully saturated rings. The molecule has 4 rings (SSSR count). The van der Waals surface area contributed by atoms with Crippen molar-refractivity contribution in [3.05, 3.63) is 30.4 Å². The average Bonchev–Trinajstić information content (AvgIpc) is 3.16. The first-order valence-electron chi connectivity index (χ1n) is 8.07. The second-order valence-corrected chi connectivity index (χ2v) is 6.61. The van der Waals surface area contributed by atoms with Crippen LogP contribution in [-0.4, -0.2) is 55.3 Å². The van der Waals surface area contributed by atoms with Crippen LogP contribution in [0.3, 0.4) is 0 Å². The SMILES string of the molecule is Cc1nc(N2C[C@H]3C[C@H](O)[C@@H](O)C[C@H]3C2)cc(-n2cccn2)n1. The summed E-state index contributed by atoms with van der Waals surface area (Å²) in [6.07, 6.45) is 3.73. The first kappa shape index (κ1) is 14.6. The molecule has 1 aliphatic carbocycles. The molecule has 3 heterocycles. The van der Waals surface area contributed by atoms with Gasteiger partial charge in [-0.1, -0.05) is 0 Å². The average molecular weight is 315 g/mol. The predicted molar refractivity (Wildman–Crippen MR) is 84.3 cm³/mol. The van der Waals surface area contributed by atoms with Crippen LogP contribution in [0.1, 0.15) is 18.7 Å². The van der Waals surface area contributed by atoms with Gasteiger partial charge in [0.05, 0.1) is 12.2 Å². The van der Waals surface area contributed by atoms with Crippen molar-refractivity contribution in [2.75, 3.05) is 18.0 Å². The molecule has 1 aliphatic heterocycles. The summed E-state index contributed by atoms with van der Waals surface area (Å²) in [5.74, 6) is 3.19. The van der Waals surface area contributed by atoms with E-state index in [4.69, 9.17) is 0 Å².